The Kier molecular flexibility index (Phi) is 4.43. The summed E-state index contributed by atoms with van der Waals surface area (Å²) < 4.78 is 24.8. The quantitative estimate of drug-likeness (QED) is 0.763. The number of aromatic nitrogens is 2. The van der Waals surface area contributed by atoms with Gasteiger partial charge >= 0.3 is 0 Å². The molecule has 24 heavy (non-hydrogen) atoms. The van der Waals surface area contributed by atoms with Crippen LogP contribution < -0.4 is 5.73 Å². The number of hydrogen-bond donors (Lipinski definition) is 1. The number of halogens is 2. The first-order valence-corrected chi connectivity index (χ1v) is 7.64. The zero-order valence-corrected chi connectivity index (χ0v) is 13.7. The lowest BCUT2D eigenvalue weighted by atomic mass is 9.99. The lowest BCUT2D eigenvalue weighted by Gasteiger charge is -2.17. The van der Waals surface area contributed by atoms with Gasteiger partial charge < -0.3 is 14.7 Å². The highest BCUT2D eigenvalue weighted by atomic mass is 35.5. The average molecular weight is 350 g/mol. The lowest BCUT2D eigenvalue weighted by Crippen LogP contribution is -2.34. The molecule has 2 N–H and O–H groups in total. The molecule has 0 bridgehead atoms. The van der Waals surface area contributed by atoms with E-state index in [1.165, 1.54) is 6.07 Å². The van der Waals surface area contributed by atoms with Crippen molar-refractivity contribution in [2.75, 3.05) is 0 Å². The first kappa shape index (κ1) is 16.7. The molecule has 126 valence electrons. The molecule has 2 heterocycles. The molecule has 1 saturated carbocycles. The summed E-state index contributed by atoms with van der Waals surface area (Å²) in [6.07, 6.45) is 3.84. The number of nitrogens with zero attached hydrogens (tertiary/aromatic N) is 2. The van der Waals surface area contributed by atoms with Crippen LogP contribution in [0.5, 0.6) is 0 Å². The molecular formula is C17H17ClFN3O2. The van der Waals surface area contributed by atoms with E-state index in [9.17, 15) is 4.39 Å². The molecule has 0 aliphatic heterocycles. The summed E-state index contributed by atoms with van der Waals surface area (Å²) in [6, 6.07) is 9.81. The van der Waals surface area contributed by atoms with Crippen LogP contribution in [0.2, 0.25) is 0 Å². The molecule has 0 unspecified atom stereocenters. The number of furan rings is 1. The normalized spacial score (nSPS) is 16.1. The molecule has 1 fully saturated rings. The second-order valence-electron chi connectivity index (χ2n) is 5.93. The fourth-order valence-corrected chi connectivity index (χ4v) is 3.01. The van der Waals surface area contributed by atoms with Crippen LogP contribution in [0.3, 0.4) is 0 Å². The van der Waals surface area contributed by atoms with Gasteiger partial charge in [0.2, 0.25) is 0 Å². The van der Waals surface area contributed by atoms with Gasteiger partial charge in [0, 0.05) is 0 Å². The largest absolute Gasteiger partial charge is 0.451 e. The monoisotopic (exact) mass is 349 g/mol. The Morgan fingerprint density at radius 3 is 2.50 bits per heavy atom. The van der Waals surface area contributed by atoms with Crippen LogP contribution in [0.25, 0.3) is 23.0 Å². The standard InChI is InChI=1S/C17H16FN3O2.ClH/c18-12-6-2-1-5-11(12)13-7-8-14(22-13)15-20-16(21-23-15)17(19)9-3-4-10-17;/h1-2,5-8H,3-4,9-10,19H2;1H. The number of rotatable bonds is 3. The van der Waals surface area contributed by atoms with Gasteiger partial charge in [-0.25, -0.2) is 4.39 Å². The van der Waals surface area contributed by atoms with Crippen molar-refractivity contribution in [1.29, 1.82) is 0 Å². The highest BCUT2D eigenvalue weighted by Crippen LogP contribution is 2.36. The van der Waals surface area contributed by atoms with Crippen molar-refractivity contribution in [3.05, 3.63) is 48.0 Å². The second kappa shape index (κ2) is 6.37. The first-order valence-electron chi connectivity index (χ1n) is 7.64. The van der Waals surface area contributed by atoms with E-state index >= 15 is 0 Å². The summed E-state index contributed by atoms with van der Waals surface area (Å²) in [7, 11) is 0. The Hall–Kier alpha value is -2.18. The van der Waals surface area contributed by atoms with Crippen molar-refractivity contribution in [3.63, 3.8) is 0 Å². The van der Waals surface area contributed by atoms with Crippen LogP contribution >= 0.6 is 12.4 Å². The zero-order chi connectivity index (χ0) is 15.9. The minimum absolute atomic E-state index is 0. The summed E-state index contributed by atoms with van der Waals surface area (Å²) in [6.45, 7) is 0. The fourth-order valence-electron chi connectivity index (χ4n) is 3.01. The van der Waals surface area contributed by atoms with Crippen molar-refractivity contribution < 1.29 is 13.3 Å². The van der Waals surface area contributed by atoms with Crippen molar-refractivity contribution in [2.45, 2.75) is 31.2 Å². The third-order valence-electron chi connectivity index (χ3n) is 4.32. The summed E-state index contributed by atoms with van der Waals surface area (Å²) in [5.74, 6) is 1.25. The molecular weight excluding hydrogens is 333 g/mol. The van der Waals surface area contributed by atoms with Gasteiger partial charge in [0.15, 0.2) is 11.6 Å². The first-order chi connectivity index (χ1) is 11.2. The summed E-state index contributed by atoms with van der Waals surface area (Å²) in [4.78, 5) is 4.37. The molecule has 1 aliphatic carbocycles. The van der Waals surface area contributed by atoms with E-state index in [-0.39, 0.29) is 24.1 Å². The van der Waals surface area contributed by atoms with Gasteiger partial charge in [0.1, 0.15) is 11.6 Å². The molecule has 5 nitrogen and oxygen atoms in total. The highest BCUT2D eigenvalue weighted by Gasteiger charge is 2.36. The predicted octanol–water partition coefficient (Wildman–Crippen LogP) is 4.29. The Morgan fingerprint density at radius 2 is 1.75 bits per heavy atom. The molecule has 0 radical (unpaired) electrons. The van der Waals surface area contributed by atoms with E-state index < -0.39 is 5.54 Å². The molecule has 0 amide bonds. The Morgan fingerprint density at radius 1 is 1.04 bits per heavy atom. The molecule has 0 spiro atoms. The fraction of sp³-hybridized carbons (Fsp3) is 0.294. The van der Waals surface area contributed by atoms with E-state index in [0.29, 0.717) is 22.9 Å². The van der Waals surface area contributed by atoms with Crippen molar-refractivity contribution in [3.8, 4) is 23.0 Å². The van der Waals surface area contributed by atoms with Crippen LogP contribution in [0.4, 0.5) is 4.39 Å². The molecule has 7 heteroatoms. The number of nitrogens with two attached hydrogens (primary N) is 1. The smallest absolute Gasteiger partial charge is 0.293 e. The van der Waals surface area contributed by atoms with Crippen LogP contribution in [0, 0.1) is 5.82 Å². The third-order valence-corrected chi connectivity index (χ3v) is 4.32. The Balaban J connectivity index is 0.00000169. The molecule has 3 aromatic rings. The molecule has 1 aliphatic rings. The van der Waals surface area contributed by atoms with Crippen molar-refractivity contribution >= 4 is 12.4 Å². The van der Waals surface area contributed by atoms with E-state index in [1.807, 2.05) is 0 Å². The van der Waals surface area contributed by atoms with Crippen molar-refractivity contribution in [2.24, 2.45) is 5.73 Å². The topological polar surface area (TPSA) is 78.1 Å². The van der Waals surface area contributed by atoms with Crippen LogP contribution in [0.1, 0.15) is 31.5 Å². The predicted molar refractivity (Wildman–Crippen MR) is 89.0 cm³/mol. The van der Waals surface area contributed by atoms with Gasteiger partial charge in [-0.1, -0.05) is 30.1 Å². The third kappa shape index (κ3) is 2.83. The van der Waals surface area contributed by atoms with Gasteiger partial charge in [0.25, 0.3) is 5.89 Å². The average Bonchev–Trinajstić information content (AvgIpc) is 3.27. The van der Waals surface area contributed by atoms with E-state index in [1.54, 1.807) is 30.3 Å². The van der Waals surface area contributed by atoms with E-state index in [2.05, 4.69) is 10.1 Å². The summed E-state index contributed by atoms with van der Waals surface area (Å²) >= 11 is 0. The Labute approximate surface area is 144 Å². The van der Waals surface area contributed by atoms with Gasteiger partial charge in [-0.05, 0) is 37.1 Å². The summed E-state index contributed by atoms with van der Waals surface area (Å²) in [5, 5.41) is 4.00. The van der Waals surface area contributed by atoms with Crippen LogP contribution in [-0.4, -0.2) is 10.1 Å². The second-order valence-corrected chi connectivity index (χ2v) is 5.93. The lowest BCUT2D eigenvalue weighted by molar-refractivity contribution is 0.368. The van der Waals surface area contributed by atoms with E-state index in [4.69, 9.17) is 14.7 Å². The van der Waals surface area contributed by atoms with Gasteiger partial charge in [-0.2, -0.15) is 4.98 Å². The maximum atomic E-state index is 13.8. The maximum Gasteiger partial charge on any atom is 0.293 e. The SMILES string of the molecule is Cl.NC1(c2noc(-c3ccc(-c4ccccc4F)o3)n2)CCCC1. The molecule has 0 saturated heterocycles. The van der Waals surface area contributed by atoms with Crippen LogP contribution in [-0.2, 0) is 5.54 Å². The van der Waals surface area contributed by atoms with Gasteiger partial charge in [0.05, 0.1) is 11.1 Å². The molecule has 1 aromatic carbocycles. The van der Waals surface area contributed by atoms with Crippen LogP contribution in [0.15, 0.2) is 45.3 Å². The molecule has 2 aromatic heterocycles. The van der Waals surface area contributed by atoms with Gasteiger partial charge in [-0.15, -0.1) is 12.4 Å². The van der Waals surface area contributed by atoms with Crippen molar-refractivity contribution in [1.82, 2.24) is 10.1 Å². The maximum absolute atomic E-state index is 13.8. The zero-order valence-electron chi connectivity index (χ0n) is 12.9. The van der Waals surface area contributed by atoms with E-state index in [0.717, 1.165) is 25.7 Å². The Bertz CT molecular complexity index is 840. The number of benzene rings is 1. The molecule has 4 rings (SSSR count). The minimum atomic E-state index is -0.511. The minimum Gasteiger partial charge on any atom is -0.451 e. The molecule has 0 atom stereocenters. The number of hydrogen-bond acceptors (Lipinski definition) is 5. The van der Waals surface area contributed by atoms with Gasteiger partial charge in [-0.3, -0.25) is 0 Å². The summed E-state index contributed by atoms with van der Waals surface area (Å²) in [5.41, 5.74) is 6.20. The highest BCUT2D eigenvalue weighted by molar-refractivity contribution is 5.85.